The van der Waals surface area contributed by atoms with Gasteiger partial charge in [-0.15, -0.1) is 0 Å². The monoisotopic (exact) mass is 345 g/mol. The van der Waals surface area contributed by atoms with Gasteiger partial charge >= 0.3 is 6.09 Å². The highest BCUT2D eigenvalue weighted by atomic mass is 16.5. The van der Waals surface area contributed by atoms with E-state index >= 15 is 0 Å². The zero-order valence-electron chi connectivity index (χ0n) is 14.4. The predicted molar refractivity (Wildman–Crippen MR) is 91.9 cm³/mol. The van der Waals surface area contributed by atoms with E-state index in [0.29, 0.717) is 13.2 Å². The lowest BCUT2D eigenvalue weighted by atomic mass is 10.2. The highest BCUT2D eigenvalue weighted by Gasteiger charge is 2.11. The first-order valence-electron chi connectivity index (χ1n) is 8.35. The summed E-state index contributed by atoms with van der Waals surface area (Å²) in [4.78, 5) is 18.4. The summed E-state index contributed by atoms with van der Waals surface area (Å²) in [5.74, 6) is 0. The summed E-state index contributed by atoms with van der Waals surface area (Å²) < 4.78 is 12.2. The third-order valence-electron chi connectivity index (χ3n) is 4.01. The van der Waals surface area contributed by atoms with Gasteiger partial charge in [-0.3, -0.25) is 14.6 Å². The quantitative estimate of drug-likeness (QED) is 0.842. The largest absolute Gasteiger partial charge is 0.448 e. The van der Waals surface area contributed by atoms with E-state index in [1.165, 1.54) is 0 Å². The Morgan fingerprint density at radius 1 is 1.32 bits per heavy atom. The molecule has 1 amide bonds. The highest BCUT2D eigenvalue weighted by molar-refractivity contribution is 5.67. The Balaban J connectivity index is 1.38. The number of pyridine rings is 1. The Hall–Kier alpha value is -2.45. The minimum absolute atomic E-state index is 0.379. The number of aryl methyl sites for hydroxylation is 1. The van der Waals surface area contributed by atoms with Crippen molar-refractivity contribution in [1.82, 2.24) is 25.0 Å². The van der Waals surface area contributed by atoms with Crippen LogP contribution in [0, 0.1) is 0 Å². The number of morpholine rings is 1. The van der Waals surface area contributed by atoms with Gasteiger partial charge in [-0.25, -0.2) is 4.79 Å². The molecule has 25 heavy (non-hydrogen) atoms. The molecule has 2 aromatic heterocycles. The van der Waals surface area contributed by atoms with Crippen LogP contribution in [0.2, 0.25) is 0 Å². The third kappa shape index (κ3) is 5.27. The van der Waals surface area contributed by atoms with Gasteiger partial charge in [0, 0.05) is 51.2 Å². The topological polar surface area (TPSA) is 81.5 Å². The Morgan fingerprint density at radius 2 is 2.16 bits per heavy atom. The molecule has 0 bridgehead atoms. The molecule has 1 N–H and O–H groups in total. The van der Waals surface area contributed by atoms with Crippen molar-refractivity contribution in [3.05, 3.63) is 36.3 Å². The molecule has 134 valence electrons. The number of nitrogens with zero attached hydrogens (tertiary/aromatic N) is 4. The van der Waals surface area contributed by atoms with Gasteiger partial charge in [-0.05, 0) is 11.6 Å². The molecule has 0 aliphatic carbocycles. The van der Waals surface area contributed by atoms with Crippen LogP contribution in [-0.2, 0) is 23.1 Å². The Labute approximate surface area is 146 Å². The maximum absolute atomic E-state index is 11.7. The molecule has 1 aliphatic heterocycles. The Kier molecular flexibility index (Phi) is 5.97. The van der Waals surface area contributed by atoms with E-state index in [1.807, 2.05) is 25.4 Å². The summed E-state index contributed by atoms with van der Waals surface area (Å²) in [6.45, 7) is 4.77. The first-order valence-corrected chi connectivity index (χ1v) is 8.35. The second kappa shape index (κ2) is 8.59. The molecule has 1 fully saturated rings. The fraction of sp³-hybridized carbons (Fsp3) is 0.471. The lowest BCUT2D eigenvalue weighted by molar-refractivity contribution is 0.0281. The average molecular weight is 345 g/mol. The lowest BCUT2D eigenvalue weighted by Gasteiger charge is -2.26. The smallest absolute Gasteiger partial charge is 0.407 e. The van der Waals surface area contributed by atoms with Crippen LogP contribution in [0.4, 0.5) is 4.79 Å². The van der Waals surface area contributed by atoms with Crippen LogP contribution < -0.4 is 5.32 Å². The molecule has 0 atom stereocenters. The summed E-state index contributed by atoms with van der Waals surface area (Å²) in [5, 5.41) is 6.87. The molecule has 0 saturated carbocycles. The zero-order chi connectivity index (χ0) is 17.5. The molecule has 0 radical (unpaired) electrons. The van der Waals surface area contributed by atoms with E-state index in [9.17, 15) is 4.79 Å². The van der Waals surface area contributed by atoms with Crippen molar-refractivity contribution in [2.45, 2.75) is 6.54 Å². The third-order valence-corrected chi connectivity index (χ3v) is 4.01. The molecule has 2 aromatic rings. The number of alkyl carbamates (subject to hydrolysis) is 1. The van der Waals surface area contributed by atoms with Crippen molar-refractivity contribution < 1.29 is 14.3 Å². The van der Waals surface area contributed by atoms with Crippen molar-refractivity contribution in [3.8, 4) is 11.3 Å². The molecule has 0 unspecified atom stereocenters. The van der Waals surface area contributed by atoms with E-state index in [2.05, 4.69) is 20.3 Å². The van der Waals surface area contributed by atoms with Gasteiger partial charge in [0.1, 0.15) is 6.61 Å². The van der Waals surface area contributed by atoms with Crippen LogP contribution in [-0.4, -0.2) is 65.2 Å². The molecule has 1 saturated heterocycles. The van der Waals surface area contributed by atoms with Gasteiger partial charge in [-0.2, -0.15) is 5.10 Å². The molecule has 3 heterocycles. The van der Waals surface area contributed by atoms with Crippen LogP contribution in [0.15, 0.2) is 30.7 Å². The van der Waals surface area contributed by atoms with Crippen LogP contribution in [0.25, 0.3) is 11.3 Å². The van der Waals surface area contributed by atoms with Gasteiger partial charge in [0.25, 0.3) is 0 Å². The van der Waals surface area contributed by atoms with Gasteiger partial charge in [0.2, 0.25) is 0 Å². The summed E-state index contributed by atoms with van der Waals surface area (Å²) in [6, 6.07) is 3.85. The van der Waals surface area contributed by atoms with E-state index in [4.69, 9.17) is 9.47 Å². The van der Waals surface area contributed by atoms with Crippen LogP contribution in [0.3, 0.4) is 0 Å². The van der Waals surface area contributed by atoms with Gasteiger partial charge in [0.15, 0.2) is 0 Å². The number of ether oxygens (including phenoxy) is 2. The van der Waals surface area contributed by atoms with Gasteiger partial charge < -0.3 is 14.8 Å². The fourth-order valence-corrected chi connectivity index (χ4v) is 2.57. The molecule has 0 spiro atoms. The number of rotatable bonds is 6. The second-order valence-electron chi connectivity index (χ2n) is 5.90. The first-order chi connectivity index (χ1) is 12.2. The van der Waals surface area contributed by atoms with Gasteiger partial charge in [0.05, 0.1) is 25.1 Å². The van der Waals surface area contributed by atoms with Crippen LogP contribution >= 0.6 is 0 Å². The number of carbonyl (C=O) groups excluding carboxylic acids is 1. The molecule has 3 rings (SSSR count). The summed E-state index contributed by atoms with van der Waals surface area (Å²) in [6.07, 6.45) is 5.01. The Morgan fingerprint density at radius 3 is 2.84 bits per heavy atom. The number of carbonyl (C=O) groups is 1. The number of aromatic nitrogens is 3. The van der Waals surface area contributed by atoms with Crippen molar-refractivity contribution in [1.29, 1.82) is 0 Å². The lowest BCUT2D eigenvalue weighted by Crippen LogP contribution is -2.39. The van der Waals surface area contributed by atoms with Crippen molar-refractivity contribution in [3.63, 3.8) is 0 Å². The number of nitrogens with one attached hydrogen (secondary N) is 1. The zero-order valence-corrected chi connectivity index (χ0v) is 14.4. The number of hydrogen-bond donors (Lipinski definition) is 1. The molecule has 0 aromatic carbocycles. The van der Waals surface area contributed by atoms with Crippen molar-refractivity contribution >= 4 is 6.09 Å². The predicted octanol–water partition coefficient (Wildman–Crippen LogP) is 1.04. The highest BCUT2D eigenvalue weighted by Crippen LogP contribution is 2.15. The molecule has 1 aliphatic rings. The normalized spacial score (nSPS) is 15.1. The number of amides is 1. The minimum Gasteiger partial charge on any atom is -0.448 e. The van der Waals surface area contributed by atoms with E-state index < -0.39 is 6.09 Å². The Bertz CT molecular complexity index is 680. The first kappa shape index (κ1) is 17.4. The minimum atomic E-state index is -0.412. The molecular weight excluding hydrogens is 322 g/mol. The summed E-state index contributed by atoms with van der Waals surface area (Å²) >= 11 is 0. The van der Waals surface area contributed by atoms with Crippen LogP contribution in [0.1, 0.15) is 5.56 Å². The molecule has 8 nitrogen and oxygen atoms in total. The standard InChI is InChI=1S/C17H23N5O3/c1-21-13-15(12-20-21)16-3-2-14(10-18-16)11-19-17(23)25-9-6-22-4-7-24-8-5-22/h2-3,10,12-13H,4-9,11H2,1H3,(H,19,23). The van der Waals surface area contributed by atoms with E-state index in [-0.39, 0.29) is 0 Å². The maximum atomic E-state index is 11.7. The van der Waals surface area contributed by atoms with Crippen molar-refractivity contribution in [2.75, 3.05) is 39.5 Å². The molecular formula is C17H23N5O3. The summed E-state index contributed by atoms with van der Waals surface area (Å²) in [5.41, 5.74) is 2.73. The van der Waals surface area contributed by atoms with E-state index in [0.717, 1.165) is 49.7 Å². The molecule has 8 heteroatoms. The van der Waals surface area contributed by atoms with E-state index in [1.54, 1.807) is 17.1 Å². The van der Waals surface area contributed by atoms with Crippen molar-refractivity contribution in [2.24, 2.45) is 7.05 Å². The number of hydrogen-bond acceptors (Lipinski definition) is 6. The second-order valence-corrected chi connectivity index (χ2v) is 5.90. The maximum Gasteiger partial charge on any atom is 0.407 e. The van der Waals surface area contributed by atoms with Gasteiger partial charge in [-0.1, -0.05) is 6.07 Å². The fourth-order valence-electron chi connectivity index (χ4n) is 2.57. The van der Waals surface area contributed by atoms with Crippen LogP contribution in [0.5, 0.6) is 0 Å². The average Bonchev–Trinajstić information content (AvgIpc) is 3.08. The SMILES string of the molecule is Cn1cc(-c2ccc(CNC(=O)OCCN3CCOCC3)cn2)cn1. The summed E-state index contributed by atoms with van der Waals surface area (Å²) in [7, 11) is 1.87.